The van der Waals surface area contributed by atoms with Crippen LogP contribution in [0, 0.1) is 11.5 Å². The quantitative estimate of drug-likeness (QED) is 0.559. The number of hydrogen-bond donors (Lipinski definition) is 2. The number of nitriles is 1. The van der Waals surface area contributed by atoms with Gasteiger partial charge in [0, 0.05) is 0 Å². The summed E-state index contributed by atoms with van der Waals surface area (Å²) in [7, 11) is -3.49. The zero-order chi connectivity index (χ0) is 20.8. The van der Waals surface area contributed by atoms with E-state index in [4.69, 9.17) is 5.26 Å². The average molecular weight is 431 g/mol. The number of nitrogens with one attached hydrogen (secondary N) is 1. The number of nitrogens with zero attached hydrogens (tertiary/aromatic N) is 3. The lowest BCUT2D eigenvalue weighted by Gasteiger charge is -2.25. The zero-order valence-electron chi connectivity index (χ0n) is 16.3. The molecule has 2 aliphatic carbocycles. The molecule has 1 aromatic heterocycles. The van der Waals surface area contributed by atoms with Crippen LogP contribution in [0.1, 0.15) is 53.1 Å². The number of aryl methyl sites for hydroxylation is 2. The maximum Gasteiger partial charge on any atom is 0.259 e. The zero-order valence-corrected chi connectivity index (χ0v) is 18.0. The molecular formula is C20H22N4O3S2. The highest BCUT2D eigenvalue weighted by atomic mass is 32.2. The van der Waals surface area contributed by atoms with Crippen LogP contribution >= 0.6 is 11.3 Å². The van der Waals surface area contributed by atoms with Crippen molar-refractivity contribution in [3.8, 4) is 6.19 Å². The van der Waals surface area contributed by atoms with Gasteiger partial charge < -0.3 is 5.11 Å². The molecular weight excluding hydrogens is 408 g/mol. The number of carbonyl (C=O) groups is 1. The first-order chi connectivity index (χ1) is 13.7. The van der Waals surface area contributed by atoms with E-state index in [2.05, 4.69) is 20.1 Å². The van der Waals surface area contributed by atoms with Gasteiger partial charge in [-0.1, -0.05) is 6.07 Å². The van der Waals surface area contributed by atoms with Crippen LogP contribution in [-0.2, 0) is 52.4 Å². The van der Waals surface area contributed by atoms with Crippen molar-refractivity contribution in [1.82, 2.24) is 9.71 Å². The summed E-state index contributed by atoms with van der Waals surface area (Å²) in [5.41, 5.74) is 4.92. The monoisotopic (exact) mass is 430 g/mol. The summed E-state index contributed by atoms with van der Waals surface area (Å²) in [6, 6.07) is 2.27. The number of aliphatic hydroxyl groups is 1. The molecule has 0 bridgehead atoms. The molecule has 1 unspecified atom stereocenters. The van der Waals surface area contributed by atoms with Gasteiger partial charge in [0.25, 0.3) is 5.91 Å². The average Bonchev–Trinajstić information content (AvgIpc) is 3.26. The molecule has 1 aromatic carbocycles. The molecule has 7 nitrogen and oxygen atoms in total. The normalized spacial score (nSPS) is 16.8. The van der Waals surface area contributed by atoms with Crippen LogP contribution in [0.4, 0.5) is 0 Å². The van der Waals surface area contributed by atoms with Crippen LogP contribution < -0.4 is 4.72 Å². The van der Waals surface area contributed by atoms with Crippen molar-refractivity contribution in [2.24, 2.45) is 4.36 Å². The molecule has 0 fully saturated rings. The summed E-state index contributed by atoms with van der Waals surface area (Å²) >= 11 is 0.976. The molecule has 2 aliphatic rings. The lowest BCUT2D eigenvalue weighted by atomic mass is 9.80. The Morgan fingerprint density at radius 1 is 1.34 bits per heavy atom. The van der Waals surface area contributed by atoms with Gasteiger partial charge in [-0.05, 0) is 73.8 Å². The second-order valence-electron chi connectivity index (χ2n) is 7.93. The largest absolute Gasteiger partial charge is 0.383 e. The third-order valence-electron chi connectivity index (χ3n) is 5.39. The van der Waals surface area contributed by atoms with Crippen LogP contribution in [0.3, 0.4) is 0 Å². The van der Waals surface area contributed by atoms with Gasteiger partial charge in [-0.15, -0.1) is 15.7 Å². The summed E-state index contributed by atoms with van der Waals surface area (Å²) in [6.07, 6.45) is 8.11. The predicted molar refractivity (Wildman–Crippen MR) is 110 cm³/mol. The number of amides is 1. The summed E-state index contributed by atoms with van der Waals surface area (Å²) in [5.74, 6) is -0.523. The van der Waals surface area contributed by atoms with Crippen molar-refractivity contribution in [2.45, 2.75) is 62.2 Å². The van der Waals surface area contributed by atoms with Crippen LogP contribution in [-0.4, -0.2) is 20.2 Å². The number of benzene rings is 1. The number of hydrogen-bond acceptors (Lipinski definition) is 6. The minimum atomic E-state index is -3.49. The Hall–Kier alpha value is -2.28. The van der Waals surface area contributed by atoms with Crippen LogP contribution in [0.15, 0.2) is 20.8 Å². The fraction of sp³-hybridized carbons (Fsp3) is 0.450. The van der Waals surface area contributed by atoms with Crippen molar-refractivity contribution >= 4 is 27.2 Å². The summed E-state index contributed by atoms with van der Waals surface area (Å²) in [6.45, 7) is 3.12. The standard InChI is InChI=1S/C20H22N4O3S2/c1-20(2,26)19-22-10-18(28-19)29(27,23-11-21)24-17(25)9-16-14-5-3-4-12(14)8-13-6-7-15(13)16/h8,10,26H,3-7,9H2,1-2H3,(H,23,24,25,27). The minimum Gasteiger partial charge on any atom is -0.383 e. The van der Waals surface area contributed by atoms with Gasteiger partial charge in [-0.3, -0.25) is 4.79 Å². The van der Waals surface area contributed by atoms with Gasteiger partial charge in [0.2, 0.25) is 0 Å². The molecule has 29 heavy (non-hydrogen) atoms. The van der Waals surface area contributed by atoms with E-state index in [1.165, 1.54) is 28.5 Å². The van der Waals surface area contributed by atoms with E-state index >= 15 is 0 Å². The van der Waals surface area contributed by atoms with E-state index in [0.717, 1.165) is 49.0 Å². The van der Waals surface area contributed by atoms with E-state index in [0.29, 0.717) is 5.01 Å². The number of rotatable bonds is 5. The van der Waals surface area contributed by atoms with E-state index in [1.807, 2.05) is 0 Å². The number of aromatic nitrogens is 1. The van der Waals surface area contributed by atoms with Crippen molar-refractivity contribution in [2.75, 3.05) is 0 Å². The molecule has 1 amide bonds. The lowest BCUT2D eigenvalue weighted by Crippen LogP contribution is -2.21. The SMILES string of the molecule is CC(C)(O)c1ncc(S(=O)(=NC(=O)Cc2c3c(cc4c2CC4)CCC3)NC#N)s1. The fourth-order valence-electron chi connectivity index (χ4n) is 3.95. The maximum absolute atomic E-state index is 13.3. The molecule has 9 heteroatoms. The molecule has 1 atom stereocenters. The molecule has 4 rings (SSSR count). The topological polar surface area (TPSA) is 115 Å². The molecule has 0 aliphatic heterocycles. The first kappa shape index (κ1) is 20.0. The van der Waals surface area contributed by atoms with Gasteiger partial charge in [0.05, 0.1) is 12.6 Å². The highest BCUT2D eigenvalue weighted by Crippen LogP contribution is 2.36. The first-order valence-electron chi connectivity index (χ1n) is 9.51. The van der Waals surface area contributed by atoms with Gasteiger partial charge in [-0.2, -0.15) is 5.26 Å². The summed E-state index contributed by atoms with van der Waals surface area (Å²) < 4.78 is 19.6. The third kappa shape index (κ3) is 3.68. The van der Waals surface area contributed by atoms with Gasteiger partial charge in [0.1, 0.15) is 14.8 Å². The lowest BCUT2D eigenvalue weighted by molar-refractivity contribution is -0.117. The molecule has 0 saturated carbocycles. The Kier molecular flexibility index (Phi) is 4.97. The molecule has 1 heterocycles. The van der Waals surface area contributed by atoms with Gasteiger partial charge >= 0.3 is 0 Å². The molecule has 0 radical (unpaired) electrons. The fourth-order valence-corrected chi connectivity index (χ4v) is 6.44. The minimum absolute atomic E-state index is 0.0900. The molecule has 0 saturated heterocycles. The second kappa shape index (κ2) is 7.20. The van der Waals surface area contributed by atoms with Crippen LogP contribution in [0.2, 0.25) is 0 Å². The Labute approximate surface area is 174 Å². The molecule has 152 valence electrons. The van der Waals surface area contributed by atoms with Crippen molar-refractivity contribution < 1.29 is 14.1 Å². The summed E-state index contributed by atoms with van der Waals surface area (Å²) in [5, 5.41) is 19.5. The highest BCUT2D eigenvalue weighted by molar-refractivity contribution is 7.94. The predicted octanol–water partition coefficient (Wildman–Crippen LogP) is 2.54. The Morgan fingerprint density at radius 2 is 2.07 bits per heavy atom. The number of thiazole rings is 1. The third-order valence-corrected chi connectivity index (χ3v) is 8.90. The van der Waals surface area contributed by atoms with E-state index in [-0.39, 0.29) is 10.6 Å². The van der Waals surface area contributed by atoms with Crippen LogP contribution in [0.5, 0.6) is 0 Å². The molecule has 0 spiro atoms. The van der Waals surface area contributed by atoms with E-state index < -0.39 is 21.4 Å². The highest BCUT2D eigenvalue weighted by Gasteiger charge is 2.28. The van der Waals surface area contributed by atoms with Crippen molar-refractivity contribution in [3.63, 3.8) is 0 Å². The van der Waals surface area contributed by atoms with Gasteiger partial charge in [0.15, 0.2) is 16.1 Å². The summed E-state index contributed by atoms with van der Waals surface area (Å²) in [4.78, 5) is 16.9. The van der Waals surface area contributed by atoms with Gasteiger partial charge in [-0.25, -0.2) is 13.9 Å². The van der Waals surface area contributed by atoms with E-state index in [9.17, 15) is 14.1 Å². The number of fused-ring (bicyclic) bond motifs is 2. The Balaban J connectivity index is 1.69. The second-order valence-corrected chi connectivity index (χ2v) is 11.1. The van der Waals surface area contributed by atoms with Crippen molar-refractivity contribution in [3.05, 3.63) is 45.1 Å². The van der Waals surface area contributed by atoms with Crippen LogP contribution in [0.25, 0.3) is 0 Å². The van der Waals surface area contributed by atoms with Crippen molar-refractivity contribution in [1.29, 1.82) is 5.26 Å². The molecule has 2 aromatic rings. The molecule has 2 N–H and O–H groups in total. The Bertz CT molecular complexity index is 1160. The smallest absolute Gasteiger partial charge is 0.259 e. The first-order valence-corrected chi connectivity index (χ1v) is 11.8. The Morgan fingerprint density at radius 3 is 2.69 bits per heavy atom. The number of carbonyl (C=O) groups excluding carboxylic acids is 1. The maximum atomic E-state index is 13.3. The van der Waals surface area contributed by atoms with E-state index in [1.54, 1.807) is 20.0 Å².